The third kappa shape index (κ3) is 2.55. The van der Waals surface area contributed by atoms with E-state index in [9.17, 15) is 4.79 Å². The van der Waals surface area contributed by atoms with E-state index in [1.165, 1.54) is 16.7 Å². The highest BCUT2D eigenvalue weighted by atomic mass is 79.9. The van der Waals surface area contributed by atoms with Gasteiger partial charge in [0, 0.05) is 40.5 Å². The number of carbonyl (C=O) groups excluding carboxylic acids is 1. The highest BCUT2D eigenvalue weighted by molar-refractivity contribution is 9.09. The summed E-state index contributed by atoms with van der Waals surface area (Å²) in [6, 6.07) is 16.0. The molecular formula is C19H16BrN3O. The van der Waals surface area contributed by atoms with E-state index in [2.05, 4.69) is 55.7 Å². The summed E-state index contributed by atoms with van der Waals surface area (Å²) in [5.74, 6) is -0.0549. The summed E-state index contributed by atoms with van der Waals surface area (Å²) in [7, 11) is 0. The van der Waals surface area contributed by atoms with E-state index < -0.39 is 0 Å². The van der Waals surface area contributed by atoms with Crippen molar-refractivity contribution in [2.75, 3.05) is 11.9 Å². The molecule has 0 saturated carbocycles. The number of aromatic amines is 1. The van der Waals surface area contributed by atoms with E-state index in [-0.39, 0.29) is 5.91 Å². The van der Waals surface area contributed by atoms with Crippen LogP contribution in [0.1, 0.15) is 21.5 Å². The van der Waals surface area contributed by atoms with Crippen molar-refractivity contribution in [2.24, 2.45) is 0 Å². The van der Waals surface area contributed by atoms with Gasteiger partial charge in [0.2, 0.25) is 0 Å². The van der Waals surface area contributed by atoms with Crippen molar-refractivity contribution in [3.05, 3.63) is 65.2 Å². The van der Waals surface area contributed by atoms with E-state index in [0.717, 1.165) is 28.7 Å². The zero-order valence-corrected chi connectivity index (χ0v) is 14.6. The van der Waals surface area contributed by atoms with Crippen LogP contribution in [0.25, 0.3) is 22.5 Å². The first-order valence-electron chi connectivity index (χ1n) is 7.88. The number of halogens is 1. The summed E-state index contributed by atoms with van der Waals surface area (Å²) in [6.07, 6.45) is 0.894. The lowest BCUT2D eigenvalue weighted by molar-refractivity contribution is 0.0956. The van der Waals surface area contributed by atoms with Crippen LogP contribution < -0.4 is 5.32 Å². The Labute approximate surface area is 148 Å². The number of fused-ring (bicyclic) bond motifs is 3. The van der Waals surface area contributed by atoms with Gasteiger partial charge in [-0.15, -0.1) is 0 Å². The smallest absolute Gasteiger partial charge is 0.251 e. The number of nitrogens with zero attached hydrogens (tertiary/aromatic N) is 1. The van der Waals surface area contributed by atoms with Gasteiger partial charge in [-0.1, -0.05) is 52.3 Å². The van der Waals surface area contributed by atoms with E-state index >= 15 is 0 Å². The molecule has 2 aromatic carbocycles. The molecule has 0 aliphatic heterocycles. The molecular weight excluding hydrogens is 366 g/mol. The van der Waals surface area contributed by atoms with Crippen LogP contribution in [0.2, 0.25) is 0 Å². The van der Waals surface area contributed by atoms with Crippen molar-refractivity contribution in [1.29, 1.82) is 0 Å². The lowest BCUT2D eigenvalue weighted by atomic mass is 10.0. The highest BCUT2D eigenvalue weighted by Crippen LogP contribution is 2.39. The summed E-state index contributed by atoms with van der Waals surface area (Å²) in [5, 5.41) is 11.3. The number of benzene rings is 2. The van der Waals surface area contributed by atoms with Crippen molar-refractivity contribution < 1.29 is 4.79 Å². The van der Waals surface area contributed by atoms with Gasteiger partial charge < -0.3 is 5.32 Å². The lowest BCUT2D eigenvalue weighted by Crippen LogP contribution is -2.24. The van der Waals surface area contributed by atoms with Gasteiger partial charge in [0.05, 0.1) is 11.4 Å². The quantitative estimate of drug-likeness (QED) is 0.528. The molecule has 0 bridgehead atoms. The molecule has 5 heteroatoms. The van der Waals surface area contributed by atoms with Crippen molar-refractivity contribution >= 4 is 21.8 Å². The molecule has 2 N–H and O–H groups in total. The van der Waals surface area contributed by atoms with Crippen LogP contribution in [0, 0.1) is 0 Å². The maximum absolute atomic E-state index is 12.0. The Hall–Kier alpha value is -2.40. The van der Waals surface area contributed by atoms with Gasteiger partial charge >= 0.3 is 0 Å². The summed E-state index contributed by atoms with van der Waals surface area (Å²) in [6.45, 7) is 0.617. The van der Waals surface area contributed by atoms with Crippen molar-refractivity contribution in [1.82, 2.24) is 15.5 Å². The van der Waals surface area contributed by atoms with E-state index in [4.69, 9.17) is 0 Å². The molecule has 4 nitrogen and oxygen atoms in total. The first-order chi connectivity index (χ1) is 11.8. The van der Waals surface area contributed by atoms with E-state index in [1.54, 1.807) is 0 Å². The number of aromatic nitrogens is 2. The maximum Gasteiger partial charge on any atom is 0.251 e. The van der Waals surface area contributed by atoms with Gasteiger partial charge in [-0.2, -0.15) is 5.10 Å². The summed E-state index contributed by atoms with van der Waals surface area (Å²) < 4.78 is 0. The van der Waals surface area contributed by atoms with Crippen LogP contribution in [-0.4, -0.2) is 28.0 Å². The second-order valence-electron chi connectivity index (χ2n) is 5.78. The molecule has 1 heterocycles. The van der Waals surface area contributed by atoms with Gasteiger partial charge in [0.15, 0.2) is 0 Å². The topological polar surface area (TPSA) is 57.8 Å². The van der Waals surface area contributed by atoms with Crippen molar-refractivity contribution in [2.45, 2.75) is 6.42 Å². The molecule has 0 saturated heterocycles. The Morgan fingerprint density at radius 1 is 1.17 bits per heavy atom. The van der Waals surface area contributed by atoms with Gasteiger partial charge in [-0.3, -0.25) is 9.89 Å². The molecule has 0 radical (unpaired) electrons. The Bertz CT molecular complexity index is 899. The van der Waals surface area contributed by atoms with Crippen LogP contribution in [0.4, 0.5) is 0 Å². The normalized spacial score (nSPS) is 11.9. The molecule has 1 aliphatic carbocycles. The van der Waals surface area contributed by atoms with Crippen LogP contribution in [0.3, 0.4) is 0 Å². The molecule has 1 aliphatic rings. The molecule has 0 unspecified atom stereocenters. The summed E-state index contributed by atoms with van der Waals surface area (Å²) >= 11 is 3.30. The fourth-order valence-electron chi connectivity index (χ4n) is 3.15. The Morgan fingerprint density at radius 2 is 1.96 bits per heavy atom. The number of amides is 1. The van der Waals surface area contributed by atoms with Gasteiger partial charge in [-0.25, -0.2) is 0 Å². The predicted molar refractivity (Wildman–Crippen MR) is 98.4 cm³/mol. The second kappa shape index (κ2) is 6.24. The van der Waals surface area contributed by atoms with Crippen LogP contribution in [0.5, 0.6) is 0 Å². The monoisotopic (exact) mass is 381 g/mol. The minimum absolute atomic E-state index is 0.0549. The number of hydrogen-bond acceptors (Lipinski definition) is 2. The zero-order chi connectivity index (χ0) is 16.5. The van der Waals surface area contributed by atoms with Crippen molar-refractivity contribution in [3.8, 4) is 22.5 Å². The number of nitrogens with one attached hydrogen (secondary N) is 2. The third-order valence-electron chi connectivity index (χ3n) is 4.32. The minimum atomic E-state index is -0.0549. The average molecular weight is 382 g/mol. The first kappa shape index (κ1) is 15.1. The minimum Gasteiger partial charge on any atom is -0.351 e. The molecule has 1 amide bonds. The molecule has 0 fully saturated rings. The number of carbonyl (C=O) groups is 1. The van der Waals surface area contributed by atoms with Crippen molar-refractivity contribution in [3.63, 3.8) is 0 Å². The van der Waals surface area contributed by atoms with Crippen LogP contribution in [0.15, 0.2) is 48.5 Å². The summed E-state index contributed by atoms with van der Waals surface area (Å²) in [4.78, 5) is 12.0. The third-order valence-corrected chi connectivity index (χ3v) is 4.72. The zero-order valence-electron chi connectivity index (χ0n) is 13.0. The standard InChI is InChI=1S/C19H16BrN3O/c20-9-10-21-19(24)13-7-5-12(6-8-13)17-16-11-14-3-1-2-4-15(14)18(16)23-22-17/h1-8H,9-11H2,(H,21,24)(H,22,23). The Kier molecular flexibility index (Phi) is 3.94. The highest BCUT2D eigenvalue weighted by Gasteiger charge is 2.24. The van der Waals surface area contributed by atoms with E-state index in [1.807, 2.05) is 24.3 Å². The molecule has 0 spiro atoms. The molecule has 1 aromatic heterocycles. The number of rotatable bonds is 4. The Balaban J connectivity index is 1.62. The average Bonchev–Trinajstić information content (AvgIpc) is 3.19. The van der Waals surface area contributed by atoms with E-state index in [0.29, 0.717) is 12.1 Å². The molecule has 4 rings (SSSR count). The number of H-pyrrole nitrogens is 1. The predicted octanol–water partition coefficient (Wildman–Crippen LogP) is 3.77. The maximum atomic E-state index is 12.0. The SMILES string of the molecule is O=C(NCCBr)c1ccc(-c2n[nH]c3c2Cc2ccccc2-3)cc1. The molecule has 120 valence electrons. The fourth-order valence-corrected chi connectivity index (χ4v) is 3.35. The largest absolute Gasteiger partial charge is 0.351 e. The van der Waals surface area contributed by atoms with Gasteiger partial charge in [0.1, 0.15) is 0 Å². The molecule has 3 aromatic rings. The van der Waals surface area contributed by atoms with Gasteiger partial charge in [-0.05, 0) is 17.7 Å². The summed E-state index contributed by atoms with van der Waals surface area (Å²) in [5.41, 5.74) is 7.55. The molecule has 0 atom stereocenters. The molecule has 24 heavy (non-hydrogen) atoms. The Morgan fingerprint density at radius 3 is 2.75 bits per heavy atom. The second-order valence-corrected chi connectivity index (χ2v) is 6.57. The number of hydrogen-bond donors (Lipinski definition) is 2. The first-order valence-corrected chi connectivity index (χ1v) is 9.00. The lowest BCUT2D eigenvalue weighted by Gasteiger charge is -2.05. The van der Waals surface area contributed by atoms with Crippen LogP contribution in [-0.2, 0) is 6.42 Å². The van der Waals surface area contributed by atoms with Crippen LogP contribution >= 0.6 is 15.9 Å². The fraction of sp³-hybridized carbons (Fsp3) is 0.158. The van der Waals surface area contributed by atoms with Gasteiger partial charge in [0.25, 0.3) is 5.91 Å². The number of alkyl halides is 1.